The van der Waals surface area contributed by atoms with Gasteiger partial charge in [-0.2, -0.15) is 5.26 Å². The molecule has 0 radical (unpaired) electrons. The van der Waals surface area contributed by atoms with Crippen molar-refractivity contribution in [3.63, 3.8) is 0 Å². The van der Waals surface area contributed by atoms with Crippen LogP contribution in [-0.4, -0.2) is 5.78 Å². The summed E-state index contributed by atoms with van der Waals surface area (Å²) in [7, 11) is 0. The smallest absolute Gasteiger partial charge is 0.185 e. The molecule has 0 fully saturated rings. The van der Waals surface area contributed by atoms with Crippen molar-refractivity contribution < 1.29 is 9.18 Å². The van der Waals surface area contributed by atoms with E-state index in [2.05, 4.69) is 0 Å². The Morgan fingerprint density at radius 1 is 1.05 bits per heavy atom. The highest BCUT2D eigenvalue weighted by molar-refractivity contribution is 6.06. The number of allylic oxidation sites excluding steroid dienone is 1. The lowest BCUT2D eigenvalue weighted by Gasteiger charge is -1.96. The molecule has 0 bridgehead atoms. The van der Waals surface area contributed by atoms with E-state index < -0.39 is 0 Å². The van der Waals surface area contributed by atoms with Crippen molar-refractivity contribution in [2.24, 2.45) is 0 Å². The van der Waals surface area contributed by atoms with Crippen LogP contribution in [0.3, 0.4) is 0 Å². The first-order chi connectivity index (χ1) is 9.19. The zero-order valence-electron chi connectivity index (χ0n) is 10.0. The number of nitrogens with zero attached hydrogens (tertiary/aromatic N) is 1. The first-order valence-electron chi connectivity index (χ1n) is 5.67. The van der Waals surface area contributed by atoms with Gasteiger partial charge in [0.05, 0.1) is 11.6 Å². The van der Waals surface area contributed by atoms with Gasteiger partial charge in [-0.1, -0.05) is 18.2 Å². The predicted molar refractivity (Wildman–Crippen MR) is 70.9 cm³/mol. The van der Waals surface area contributed by atoms with Gasteiger partial charge in [-0.15, -0.1) is 0 Å². The maximum Gasteiger partial charge on any atom is 0.185 e. The molecule has 0 atom stereocenters. The average Bonchev–Trinajstić information content (AvgIpc) is 2.46. The van der Waals surface area contributed by atoms with Crippen molar-refractivity contribution in [2.45, 2.75) is 0 Å². The highest BCUT2D eigenvalue weighted by Gasteiger charge is 2.01. The van der Waals surface area contributed by atoms with Gasteiger partial charge >= 0.3 is 0 Å². The van der Waals surface area contributed by atoms with Gasteiger partial charge in [0.1, 0.15) is 5.82 Å². The molecule has 0 aromatic heterocycles. The summed E-state index contributed by atoms with van der Waals surface area (Å²) < 4.78 is 12.7. The Balaban J connectivity index is 2.11. The Hall–Kier alpha value is -2.73. The van der Waals surface area contributed by atoms with E-state index in [1.807, 2.05) is 6.07 Å². The minimum absolute atomic E-state index is 0.190. The molecule has 0 N–H and O–H groups in total. The number of ketones is 1. The number of rotatable bonds is 3. The maximum absolute atomic E-state index is 12.7. The molecule has 2 aromatic carbocycles. The molecule has 19 heavy (non-hydrogen) atoms. The zero-order valence-corrected chi connectivity index (χ0v) is 10.0. The standard InChI is InChI=1S/C16H10FNO/c17-15-8-6-14(7-9-15)16(19)10-5-12-1-3-13(11-18)4-2-12/h1-10H. The van der Waals surface area contributed by atoms with Crippen LogP contribution in [0, 0.1) is 17.1 Å². The molecule has 0 aliphatic carbocycles. The van der Waals surface area contributed by atoms with Crippen LogP contribution in [-0.2, 0) is 0 Å². The molecule has 0 aliphatic heterocycles. The van der Waals surface area contributed by atoms with E-state index in [4.69, 9.17) is 5.26 Å². The van der Waals surface area contributed by atoms with Gasteiger partial charge in [0.25, 0.3) is 0 Å². The Bertz CT molecular complexity index is 649. The number of hydrogen-bond acceptors (Lipinski definition) is 2. The van der Waals surface area contributed by atoms with Crippen LogP contribution in [0.2, 0.25) is 0 Å². The second kappa shape index (κ2) is 5.74. The van der Waals surface area contributed by atoms with E-state index in [-0.39, 0.29) is 11.6 Å². The van der Waals surface area contributed by atoms with Crippen molar-refractivity contribution in [3.05, 3.63) is 77.1 Å². The first-order valence-corrected chi connectivity index (χ1v) is 5.67. The summed E-state index contributed by atoms with van der Waals surface area (Å²) in [6.45, 7) is 0. The molecule has 3 heteroatoms. The SMILES string of the molecule is N#Cc1ccc(C=CC(=O)c2ccc(F)cc2)cc1. The van der Waals surface area contributed by atoms with Crippen molar-refractivity contribution >= 4 is 11.9 Å². The molecule has 2 rings (SSSR count). The van der Waals surface area contributed by atoms with Crippen LogP contribution in [0.5, 0.6) is 0 Å². The Kier molecular flexibility index (Phi) is 3.84. The molecule has 92 valence electrons. The van der Waals surface area contributed by atoms with Gasteiger partial charge in [-0.25, -0.2) is 4.39 Å². The minimum Gasteiger partial charge on any atom is -0.289 e. The molecule has 0 aliphatic rings. The average molecular weight is 251 g/mol. The second-order valence-electron chi connectivity index (χ2n) is 3.94. The Morgan fingerprint density at radius 2 is 1.68 bits per heavy atom. The molecule has 2 nitrogen and oxygen atoms in total. The zero-order chi connectivity index (χ0) is 13.7. The first kappa shape index (κ1) is 12.7. The largest absolute Gasteiger partial charge is 0.289 e. The van der Waals surface area contributed by atoms with E-state index >= 15 is 0 Å². The lowest BCUT2D eigenvalue weighted by Crippen LogP contribution is -1.93. The van der Waals surface area contributed by atoms with Crippen LogP contribution in [0.4, 0.5) is 4.39 Å². The number of benzene rings is 2. The molecule has 2 aromatic rings. The van der Waals surface area contributed by atoms with Crippen molar-refractivity contribution in [1.82, 2.24) is 0 Å². The van der Waals surface area contributed by atoms with E-state index in [1.165, 1.54) is 30.3 Å². The van der Waals surface area contributed by atoms with Crippen LogP contribution in [0.25, 0.3) is 6.08 Å². The topological polar surface area (TPSA) is 40.9 Å². The van der Waals surface area contributed by atoms with E-state index in [0.29, 0.717) is 11.1 Å². The number of nitriles is 1. The fraction of sp³-hybridized carbons (Fsp3) is 0. The predicted octanol–water partition coefficient (Wildman–Crippen LogP) is 3.59. The number of halogens is 1. The third-order valence-corrected chi connectivity index (χ3v) is 2.60. The van der Waals surface area contributed by atoms with Crippen LogP contribution in [0.15, 0.2) is 54.6 Å². The molecule has 0 saturated heterocycles. The van der Waals surface area contributed by atoms with Gasteiger partial charge in [0.2, 0.25) is 0 Å². The fourth-order valence-electron chi connectivity index (χ4n) is 1.55. The Labute approximate surface area is 110 Å². The Morgan fingerprint density at radius 3 is 2.26 bits per heavy atom. The van der Waals surface area contributed by atoms with Gasteiger partial charge in [0.15, 0.2) is 5.78 Å². The summed E-state index contributed by atoms with van der Waals surface area (Å²) in [5.41, 5.74) is 1.84. The maximum atomic E-state index is 12.7. The third-order valence-electron chi connectivity index (χ3n) is 2.60. The van der Waals surface area contributed by atoms with Gasteiger partial charge in [-0.3, -0.25) is 4.79 Å². The molecule has 0 spiro atoms. The molecule has 0 amide bonds. The third kappa shape index (κ3) is 3.36. The van der Waals surface area contributed by atoms with Crippen LogP contribution >= 0.6 is 0 Å². The van der Waals surface area contributed by atoms with Crippen molar-refractivity contribution in [2.75, 3.05) is 0 Å². The normalized spacial score (nSPS) is 10.3. The molecule has 0 saturated carbocycles. The lowest BCUT2D eigenvalue weighted by atomic mass is 10.1. The van der Waals surface area contributed by atoms with E-state index in [1.54, 1.807) is 30.3 Å². The highest BCUT2D eigenvalue weighted by atomic mass is 19.1. The monoisotopic (exact) mass is 251 g/mol. The summed E-state index contributed by atoms with van der Waals surface area (Å²) in [5, 5.41) is 8.66. The van der Waals surface area contributed by atoms with Crippen LogP contribution < -0.4 is 0 Å². The molecule has 0 heterocycles. The number of carbonyl (C=O) groups excluding carboxylic acids is 1. The molecule has 0 unspecified atom stereocenters. The molecular formula is C16H10FNO. The summed E-state index contributed by atoms with van der Waals surface area (Å²) in [6.07, 6.45) is 3.08. The van der Waals surface area contributed by atoms with Gasteiger partial charge in [0, 0.05) is 5.56 Å². The summed E-state index contributed by atoms with van der Waals surface area (Å²) in [6, 6.07) is 14.3. The summed E-state index contributed by atoms with van der Waals surface area (Å²) in [5.74, 6) is -0.558. The van der Waals surface area contributed by atoms with E-state index in [0.717, 1.165) is 5.56 Å². The van der Waals surface area contributed by atoms with Gasteiger partial charge in [-0.05, 0) is 48.0 Å². The minimum atomic E-state index is -0.368. The van der Waals surface area contributed by atoms with E-state index in [9.17, 15) is 9.18 Å². The quantitative estimate of drug-likeness (QED) is 0.617. The summed E-state index contributed by atoms with van der Waals surface area (Å²) in [4.78, 5) is 11.8. The fourth-order valence-corrected chi connectivity index (χ4v) is 1.55. The second-order valence-corrected chi connectivity index (χ2v) is 3.94. The van der Waals surface area contributed by atoms with Gasteiger partial charge < -0.3 is 0 Å². The van der Waals surface area contributed by atoms with Crippen molar-refractivity contribution in [1.29, 1.82) is 5.26 Å². The highest BCUT2D eigenvalue weighted by Crippen LogP contribution is 2.08. The molecular weight excluding hydrogens is 241 g/mol. The van der Waals surface area contributed by atoms with Crippen molar-refractivity contribution in [3.8, 4) is 6.07 Å². The summed E-state index contributed by atoms with van der Waals surface area (Å²) >= 11 is 0. The van der Waals surface area contributed by atoms with Crippen LogP contribution in [0.1, 0.15) is 21.5 Å². The number of hydrogen-bond donors (Lipinski definition) is 0. The number of carbonyl (C=O) groups is 1. The lowest BCUT2D eigenvalue weighted by molar-refractivity contribution is 0.104.